The van der Waals surface area contributed by atoms with Crippen LogP contribution in [0.4, 0.5) is 0 Å². The normalized spacial score (nSPS) is 31.7. The Kier molecular flexibility index (Phi) is 2.50. The second kappa shape index (κ2) is 3.41. The van der Waals surface area contributed by atoms with Crippen LogP contribution in [-0.4, -0.2) is 6.54 Å². The molecule has 0 fully saturated rings. The summed E-state index contributed by atoms with van der Waals surface area (Å²) in [5, 5.41) is 0. The molecule has 10 heavy (non-hydrogen) atoms. The first kappa shape index (κ1) is 7.34. The standard InChI is InChI=1S/C9H14N/c1-3-9-5-4-8(2)6-10-7-9/h3,8-9H,1,4-6H2,2H3/q+1/t8?,9-/m1/s1. The lowest BCUT2D eigenvalue weighted by atomic mass is 10.00. The summed E-state index contributed by atoms with van der Waals surface area (Å²) in [6, 6.07) is 3.07. The summed E-state index contributed by atoms with van der Waals surface area (Å²) in [6.07, 6.45) is 4.36. The van der Waals surface area contributed by atoms with E-state index in [2.05, 4.69) is 24.4 Å². The van der Waals surface area contributed by atoms with Crippen molar-refractivity contribution >= 4 is 0 Å². The Morgan fingerprint density at radius 3 is 3.10 bits per heavy atom. The quantitative estimate of drug-likeness (QED) is 0.488. The Labute approximate surface area is 62.6 Å². The van der Waals surface area contributed by atoms with Crippen molar-refractivity contribution in [2.45, 2.75) is 19.8 Å². The van der Waals surface area contributed by atoms with Crippen molar-refractivity contribution in [3.8, 4) is 6.07 Å². The molecule has 0 radical (unpaired) electrons. The van der Waals surface area contributed by atoms with E-state index in [4.69, 9.17) is 0 Å². The smallest absolute Gasteiger partial charge is 0.102 e. The van der Waals surface area contributed by atoms with Gasteiger partial charge in [0.25, 0.3) is 12.6 Å². The predicted octanol–water partition coefficient (Wildman–Crippen LogP) is 2.55. The van der Waals surface area contributed by atoms with E-state index in [1.54, 1.807) is 0 Å². The molecule has 0 N–H and O–H groups in total. The average Bonchev–Trinajstić information content (AvgIpc) is 2.14. The van der Waals surface area contributed by atoms with E-state index in [1.807, 2.05) is 6.08 Å². The second-order valence-electron chi connectivity index (χ2n) is 2.99. The minimum absolute atomic E-state index is 0.407. The first-order valence-electron chi connectivity index (χ1n) is 3.87. The second-order valence-corrected chi connectivity index (χ2v) is 2.99. The molecule has 1 aliphatic rings. The van der Waals surface area contributed by atoms with Crippen LogP contribution in [0.15, 0.2) is 12.7 Å². The molecule has 0 saturated carbocycles. The zero-order valence-corrected chi connectivity index (χ0v) is 6.51. The third-order valence-corrected chi connectivity index (χ3v) is 1.92. The largest absolute Gasteiger partial charge is 0.280 e. The van der Waals surface area contributed by atoms with Gasteiger partial charge in [-0.3, -0.25) is 0 Å². The van der Waals surface area contributed by atoms with Crippen LogP contribution in [0.25, 0.3) is 4.85 Å². The van der Waals surface area contributed by atoms with E-state index >= 15 is 0 Å². The molecular weight excluding hydrogens is 122 g/mol. The number of nitrogens with zero attached hydrogens (tertiary/aromatic N) is 1. The van der Waals surface area contributed by atoms with Crippen molar-refractivity contribution in [2.24, 2.45) is 11.8 Å². The van der Waals surface area contributed by atoms with Crippen LogP contribution in [0.2, 0.25) is 0 Å². The monoisotopic (exact) mass is 136 g/mol. The summed E-state index contributed by atoms with van der Waals surface area (Å²) in [5.74, 6) is 1.14. The minimum Gasteiger partial charge on any atom is -0.102 e. The third kappa shape index (κ3) is 1.88. The summed E-state index contributed by atoms with van der Waals surface area (Å²) in [7, 11) is 0. The lowest BCUT2D eigenvalue weighted by Crippen LogP contribution is -1.97. The van der Waals surface area contributed by atoms with Gasteiger partial charge in [-0.25, -0.2) is 0 Å². The van der Waals surface area contributed by atoms with Gasteiger partial charge in [0.1, 0.15) is 5.92 Å². The molecule has 1 heterocycles. The van der Waals surface area contributed by atoms with E-state index in [1.165, 1.54) is 12.8 Å². The van der Waals surface area contributed by atoms with E-state index in [-0.39, 0.29) is 0 Å². The van der Waals surface area contributed by atoms with Gasteiger partial charge in [0.05, 0.1) is 0 Å². The molecule has 54 valence electrons. The number of hydrogen-bond acceptors (Lipinski definition) is 0. The highest BCUT2D eigenvalue weighted by Crippen LogP contribution is 2.16. The summed E-state index contributed by atoms with van der Waals surface area (Å²) in [4.78, 5) is 4.18. The van der Waals surface area contributed by atoms with Crippen molar-refractivity contribution in [1.82, 2.24) is 0 Å². The summed E-state index contributed by atoms with van der Waals surface area (Å²) >= 11 is 0. The van der Waals surface area contributed by atoms with E-state index in [0.29, 0.717) is 5.92 Å². The van der Waals surface area contributed by atoms with Gasteiger partial charge in [0.2, 0.25) is 0 Å². The highest BCUT2D eigenvalue weighted by Gasteiger charge is 2.16. The van der Waals surface area contributed by atoms with Gasteiger partial charge in [-0.2, -0.15) is 0 Å². The topological polar surface area (TPSA) is 4.36 Å². The molecule has 0 saturated heterocycles. The van der Waals surface area contributed by atoms with Crippen molar-refractivity contribution in [3.05, 3.63) is 17.5 Å². The van der Waals surface area contributed by atoms with Crippen LogP contribution in [-0.2, 0) is 0 Å². The SMILES string of the molecule is C=C[C@H]1C#[N+]CC(C)CC1. The fourth-order valence-electron chi connectivity index (χ4n) is 1.12. The molecular formula is C9H14N+. The molecule has 1 rings (SSSR count). The molecule has 0 aromatic heterocycles. The fraction of sp³-hybridized carbons (Fsp3) is 0.667. The van der Waals surface area contributed by atoms with Crippen LogP contribution in [0.1, 0.15) is 19.8 Å². The van der Waals surface area contributed by atoms with Crippen LogP contribution >= 0.6 is 0 Å². The molecule has 1 aliphatic heterocycles. The molecule has 2 atom stereocenters. The van der Waals surface area contributed by atoms with E-state index in [0.717, 1.165) is 12.5 Å². The maximum atomic E-state index is 4.18. The van der Waals surface area contributed by atoms with Gasteiger partial charge in [-0.05, 0) is 12.8 Å². The van der Waals surface area contributed by atoms with Crippen molar-refractivity contribution in [2.75, 3.05) is 6.54 Å². The van der Waals surface area contributed by atoms with Crippen LogP contribution in [0.3, 0.4) is 0 Å². The molecule has 0 bridgehead atoms. The summed E-state index contributed by atoms with van der Waals surface area (Å²) in [5.41, 5.74) is 0. The summed E-state index contributed by atoms with van der Waals surface area (Å²) in [6.45, 7) is 6.91. The van der Waals surface area contributed by atoms with Crippen LogP contribution in [0, 0.1) is 17.9 Å². The molecule has 1 nitrogen and oxygen atoms in total. The highest BCUT2D eigenvalue weighted by molar-refractivity contribution is 5.04. The molecule has 0 spiro atoms. The fourth-order valence-corrected chi connectivity index (χ4v) is 1.12. The van der Waals surface area contributed by atoms with Crippen molar-refractivity contribution in [1.29, 1.82) is 0 Å². The number of allylic oxidation sites excluding steroid dienone is 1. The molecule has 1 heteroatoms. The first-order chi connectivity index (χ1) is 4.83. The lowest BCUT2D eigenvalue weighted by Gasteiger charge is -1.99. The first-order valence-corrected chi connectivity index (χ1v) is 3.87. The van der Waals surface area contributed by atoms with Crippen molar-refractivity contribution in [3.63, 3.8) is 0 Å². The Morgan fingerprint density at radius 2 is 2.40 bits per heavy atom. The summed E-state index contributed by atoms with van der Waals surface area (Å²) < 4.78 is 0. The number of hydrogen-bond donors (Lipinski definition) is 0. The maximum absolute atomic E-state index is 4.18. The number of rotatable bonds is 1. The van der Waals surface area contributed by atoms with Gasteiger partial charge in [0.15, 0.2) is 0 Å². The average molecular weight is 136 g/mol. The molecule has 0 aliphatic carbocycles. The molecule has 0 aromatic rings. The van der Waals surface area contributed by atoms with Gasteiger partial charge in [-0.15, -0.1) is 6.58 Å². The van der Waals surface area contributed by atoms with E-state index in [9.17, 15) is 0 Å². The van der Waals surface area contributed by atoms with Gasteiger partial charge in [-0.1, -0.05) is 17.8 Å². The van der Waals surface area contributed by atoms with E-state index < -0.39 is 0 Å². The van der Waals surface area contributed by atoms with Crippen LogP contribution < -0.4 is 0 Å². The van der Waals surface area contributed by atoms with Crippen LogP contribution in [0.5, 0.6) is 0 Å². The minimum atomic E-state index is 0.407. The molecule has 0 aromatic carbocycles. The maximum Gasteiger partial charge on any atom is 0.280 e. The highest BCUT2D eigenvalue weighted by atomic mass is 14.7. The predicted molar refractivity (Wildman–Crippen MR) is 44.2 cm³/mol. The molecule has 1 unspecified atom stereocenters. The zero-order valence-electron chi connectivity index (χ0n) is 6.51. The van der Waals surface area contributed by atoms with Gasteiger partial charge in [0, 0.05) is 5.92 Å². The van der Waals surface area contributed by atoms with Gasteiger partial charge >= 0.3 is 0 Å². The Morgan fingerprint density at radius 1 is 1.60 bits per heavy atom. The Balaban J connectivity index is 2.50. The lowest BCUT2D eigenvalue weighted by molar-refractivity contribution is 0.531. The Bertz CT molecular complexity index is 173. The zero-order chi connectivity index (χ0) is 7.40. The van der Waals surface area contributed by atoms with Gasteiger partial charge < -0.3 is 0 Å². The Hall–Kier alpha value is -0.770. The third-order valence-electron chi connectivity index (χ3n) is 1.92. The van der Waals surface area contributed by atoms with Crippen molar-refractivity contribution < 1.29 is 0 Å². The molecule has 0 amide bonds.